The molecule has 2 atom stereocenters. The lowest BCUT2D eigenvalue weighted by molar-refractivity contribution is -0.0331. The van der Waals surface area contributed by atoms with Gasteiger partial charge in [0.25, 0.3) is 0 Å². The lowest BCUT2D eigenvalue weighted by Gasteiger charge is -2.40. The average Bonchev–Trinajstić information content (AvgIpc) is 2.27. The van der Waals surface area contributed by atoms with Crippen molar-refractivity contribution < 1.29 is 14.6 Å². The smallest absolute Gasteiger partial charge is 0.410 e. The van der Waals surface area contributed by atoms with Gasteiger partial charge in [-0.2, -0.15) is 5.26 Å². The van der Waals surface area contributed by atoms with Crippen molar-refractivity contribution in [2.45, 2.75) is 52.2 Å². The van der Waals surface area contributed by atoms with Crippen molar-refractivity contribution in [3.63, 3.8) is 0 Å². The molecule has 0 bridgehead atoms. The Labute approximate surface area is 108 Å². The van der Waals surface area contributed by atoms with E-state index in [4.69, 9.17) is 4.74 Å². The summed E-state index contributed by atoms with van der Waals surface area (Å²) in [6, 6.07) is 2.20. The number of likely N-dealkylation sites (tertiary alicyclic amines) is 1. The molecule has 5 nitrogen and oxygen atoms in total. The molecular weight excluding hydrogens is 232 g/mol. The van der Waals surface area contributed by atoms with E-state index in [1.807, 2.05) is 6.92 Å². The van der Waals surface area contributed by atoms with Crippen molar-refractivity contribution in [1.29, 1.82) is 5.26 Å². The van der Waals surface area contributed by atoms with Crippen LogP contribution in [0.2, 0.25) is 0 Å². The second kappa shape index (κ2) is 5.15. The molecular formula is C13H22N2O3. The predicted molar refractivity (Wildman–Crippen MR) is 66.8 cm³/mol. The molecule has 1 aliphatic rings. The molecule has 0 spiro atoms. The highest BCUT2D eigenvalue weighted by Gasteiger charge is 2.43. The van der Waals surface area contributed by atoms with Gasteiger partial charge >= 0.3 is 6.09 Å². The number of piperidine rings is 1. The van der Waals surface area contributed by atoms with Crippen molar-refractivity contribution in [1.82, 2.24) is 4.90 Å². The summed E-state index contributed by atoms with van der Waals surface area (Å²) in [6.45, 7) is 7.91. The second-order valence-corrected chi connectivity index (χ2v) is 5.81. The highest BCUT2D eigenvalue weighted by molar-refractivity contribution is 5.68. The van der Waals surface area contributed by atoms with Crippen molar-refractivity contribution in [3.8, 4) is 6.07 Å². The van der Waals surface area contributed by atoms with Crippen LogP contribution in [0.3, 0.4) is 0 Å². The summed E-state index contributed by atoms with van der Waals surface area (Å²) in [7, 11) is 0. The van der Waals surface area contributed by atoms with E-state index < -0.39 is 23.2 Å². The van der Waals surface area contributed by atoms with Crippen LogP contribution in [-0.4, -0.2) is 40.9 Å². The number of hydrogen-bond acceptors (Lipinski definition) is 4. The van der Waals surface area contributed by atoms with Crippen molar-refractivity contribution >= 4 is 6.09 Å². The molecule has 1 N–H and O–H groups in total. The van der Waals surface area contributed by atoms with Crippen LogP contribution in [0.15, 0.2) is 0 Å². The van der Waals surface area contributed by atoms with Crippen LogP contribution < -0.4 is 0 Å². The Kier molecular flexibility index (Phi) is 4.23. The maximum atomic E-state index is 11.9. The summed E-state index contributed by atoms with van der Waals surface area (Å²) >= 11 is 0. The number of nitrogens with zero attached hydrogens (tertiary/aromatic N) is 2. The lowest BCUT2D eigenvalue weighted by atomic mass is 9.75. The lowest BCUT2D eigenvalue weighted by Crippen LogP contribution is -2.52. The highest BCUT2D eigenvalue weighted by Crippen LogP contribution is 2.34. The van der Waals surface area contributed by atoms with Gasteiger partial charge in [-0.05, 0) is 33.6 Å². The summed E-state index contributed by atoms with van der Waals surface area (Å²) in [5.41, 5.74) is -1.27. The van der Waals surface area contributed by atoms with Gasteiger partial charge in [0.1, 0.15) is 5.60 Å². The van der Waals surface area contributed by atoms with E-state index in [1.54, 1.807) is 20.8 Å². The minimum Gasteiger partial charge on any atom is -0.444 e. The summed E-state index contributed by atoms with van der Waals surface area (Å²) in [6.07, 6.45) is -0.161. The molecule has 1 heterocycles. The van der Waals surface area contributed by atoms with E-state index >= 15 is 0 Å². The summed E-state index contributed by atoms with van der Waals surface area (Å²) < 4.78 is 5.25. The summed E-state index contributed by atoms with van der Waals surface area (Å²) in [5.74, 6) is 0. The van der Waals surface area contributed by atoms with Crippen LogP contribution in [0.4, 0.5) is 4.79 Å². The summed E-state index contributed by atoms with van der Waals surface area (Å²) in [4.78, 5) is 13.3. The number of carbonyl (C=O) groups excluding carboxylic acids is 1. The number of carbonyl (C=O) groups is 1. The third-order valence-corrected chi connectivity index (χ3v) is 3.36. The number of amides is 1. The van der Waals surface area contributed by atoms with Gasteiger partial charge < -0.3 is 14.7 Å². The van der Waals surface area contributed by atoms with Crippen LogP contribution in [0.5, 0.6) is 0 Å². The molecule has 0 aromatic carbocycles. The Hall–Kier alpha value is -1.28. The van der Waals surface area contributed by atoms with E-state index in [-0.39, 0.29) is 6.54 Å². The first-order valence-electron chi connectivity index (χ1n) is 6.31. The molecule has 1 rings (SSSR count). The molecule has 0 aromatic heterocycles. The second-order valence-electron chi connectivity index (χ2n) is 5.81. The number of aliphatic hydroxyl groups excluding tert-OH is 1. The first kappa shape index (κ1) is 14.8. The van der Waals surface area contributed by atoms with Gasteiger partial charge in [-0.25, -0.2) is 4.79 Å². The van der Waals surface area contributed by atoms with Crippen molar-refractivity contribution in [3.05, 3.63) is 0 Å². The molecule has 2 unspecified atom stereocenters. The van der Waals surface area contributed by atoms with Crippen molar-refractivity contribution in [2.75, 3.05) is 13.1 Å². The minimum atomic E-state index is -0.811. The monoisotopic (exact) mass is 254 g/mol. The van der Waals surface area contributed by atoms with Gasteiger partial charge in [0.15, 0.2) is 0 Å². The predicted octanol–water partition coefficient (Wildman–Crippen LogP) is 1.91. The molecule has 18 heavy (non-hydrogen) atoms. The van der Waals surface area contributed by atoms with E-state index in [1.165, 1.54) is 4.90 Å². The molecule has 5 heteroatoms. The highest BCUT2D eigenvalue weighted by atomic mass is 16.6. The van der Waals surface area contributed by atoms with Gasteiger partial charge in [0.2, 0.25) is 0 Å². The quantitative estimate of drug-likeness (QED) is 0.775. The third-order valence-electron chi connectivity index (χ3n) is 3.36. The fraction of sp³-hybridized carbons (Fsp3) is 0.846. The molecule has 1 amide bonds. The number of aliphatic hydroxyl groups is 1. The van der Waals surface area contributed by atoms with Crippen molar-refractivity contribution in [2.24, 2.45) is 5.41 Å². The Morgan fingerprint density at radius 1 is 1.61 bits per heavy atom. The molecule has 1 fully saturated rings. The van der Waals surface area contributed by atoms with Gasteiger partial charge in [0, 0.05) is 6.54 Å². The fourth-order valence-corrected chi connectivity index (χ4v) is 2.09. The minimum absolute atomic E-state index is 0.163. The number of β-amino-alcohol motifs (C(OH)–C–C–N with tert-alkyl or cyclic N) is 1. The van der Waals surface area contributed by atoms with Crippen LogP contribution in [-0.2, 0) is 4.74 Å². The topological polar surface area (TPSA) is 73.6 Å². The third kappa shape index (κ3) is 3.14. The normalized spacial score (nSPS) is 28.7. The SMILES string of the molecule is CCC1(C#N)CCN(C(=O)OC(C)(C)C)CC1O. The van der Waals surface area contributed by atoms with Gasteiger partial charge in [-0.15, -0.1) is 0 Å². The molecule has 0 aliphatic carbocycles. The van der Waals surface area contributed by atoms with E-state index in [9.17, 15) is 15.2 Å². The van der Waals surface area contributed by atoms with Crippen LogP contribution in [0, 0.1) is 16.7 Å². The number of ether oxygens (including phenoxy) is 1. The Morgan fingerprint density at radius 3 is 2.61 bits per heavy atom. The average molecular weight is 254 g/mol. The standard InChI is InChI=1S/C13H22N2O3/c1-5-13(9-14)6-7-15(8-10(13)16)11(17)18-12(2,3)4/h10,16H,5-8H2,1-4H3. The zero-order valence-corrected chi connectivity index (χ0v) is 11.6. The van der Waals surface area contributed by atoms with E-state index in [0.717, 1.165) is 0 Å². The van der Waals surface area contributed by atoms with Crippen LogP contribution in [0.1, 0.15) is 40.5 Å². The number of rotatable bonds is 1. The molecule has 0 aromatic rings. The van der Waals surface area contributed by atoms with Crippen LogP contribution in [0.25, 0.3) is 0 Å². The fourth-order valence-electron chi connectivity index (χ4n) is 2.09. The Bertz CT molecular complexity index is 356. The molecule has 0 radical (unpaired) electrons. The first-order valence-corrected chi connectivity index (χ1v) is 6.31. The largest absolute Gasteiger partial charge is 0.444 e. The van der Waals surface area contributed by atoms with Gasteiger partial charge in [-0.1, -0.05) is 6.92 Å². The molecule has 1 aliphatic heterocycles. The summed E-state index contributed by atoms with van der Waals surface area (Å²) in [5, 5.41) is 19.2. The maximum Gasteiger partial charge on any atom is 0.410 e. The molecule has 1 saturated heterocycles. The molecule has 102 valence electrons. The first-order chi connectivity index (χ1) is 8.24. The zero-order valence-electron chi connectivity index (χ0n) is 11.6. The number of hydrogen-bond donors (Lipinski definition) is 1. The van der Waals surface area contributed by atoms with E-state index in [0.29, 0.717) is 19.4 Å². The Morgan fingerprint density at radius 2 is 2.22 bits per heavy atom. The zero-order chi connectivity index (χ0) is 14.0. The maximum absolute atomic E-state index is 11.9. The van der Waals surface area contributed by atoms with Gasteiger partial charge in [0.05, 0.1) is 24.1 Å². The Balaban J connectivity index is 2.67. The number of nitriles is 1. The van der Waals surface area contributed by atoms with E-state index in [2.05, 4.69) is 6.07 Å². The van der Waals surface area contributed by atoms with Crippen LogP contribution >= 0.6 is 0 Å². The van der Waals surface area contributed by atoms with Gasteiger partial charge in [-0.3, -0.25) is 0 Å². The molecule has 0 saturated carbocycles.